The van der Waals surface area contributed by atoms with Crippen LogP contribution in [0.25, 0.3) is 0 Å². The van der Waals surface area contributed by atoms with Crippen LogP contribution >= 0.6 is 35.3 Å². The lowest BCUT2D eigenvalue weighted by molar-refractivity contribution is -0.122. The number of benzene rings is 1. The highest BCUT2D eigenvalue weighted by atomic mass is 127. The maximum Gasteiger partial charge on any atom is 0.257 e. The summed E-state index contributed by atoms with van der Waals surface area (Å²) in [7, 11) is 0. The number of halogens is 1. The van der Waals surface area contributed by atoms with Crippen LogP contribution in [0.2, 0.25) is 0 Å². The summed E-state index contributed by atoms with van der Waals surface area (Å²) in [6, 6.07) is 12.5. The van der Waals surface area contributed by atoms with Gasteiger partial charge in [0.1, 0.15) is 5.75 Å². The number of carbonyl (C=O) groups excluding carboxylic acids is 1. The van der Waals surface area contributed by atoms with Crippen LogP contribution in [-0.4, -0.2) is 50.7 Å². The highest BCUT2D eigenvalue weighted by Crippen LogP contribution is 2.24. The van der Waals surface area contributed by atoms with E-state index in [2.05, 4.69) is 45.3 Å². The van der Waals surface area contributed by atoms with Gasteiger partial charge in [-0.3, -0.25) is 4.79 Å². The fraction of sp³-hybridized carbons (Fsp3) is 0.478. The summed E-state index contributed by atoms with van der Waals surface area (Å²) >= 11 is 1.80. The monoisotopic (exact) mass is 571 g/mol. The first kappa shape index (κ1) is 26.2. The van der Waals surface area contributed by atoms with Gasteiger partial charge >= 0.3 is 0 Å². The minimum absolute atomic E-state index is 0. The second kappa shape index (κ2) is 14.2. The third-order valence-corrected chi connectivity index (χ3v) is 5.99. The van der Waals surface area contributed by atoms with Gasteiger partial charge in [-0.1, -0.05) is 12.1 Å². The van der Waals surface area contributed by atoms with Gasteiger partial charge in [0.05, 0.1) is 11.5 Å². The van der Waals surface area contributed by atoms with Crippen LogP contribution in [0.5, 0.6) is 5.75 Å². The van der Waals surface area contributed by atoms with Crippen molar-refractivity contribution in [1.29, 1.82) is 0 Å². The van der Waals surface area contributed by atoms with Crippen LogP contribution in [0.4, 0.5) is 5.00 Å². The molecule has 0 bridgehead atoms. The highest BCUT2D eigenvalue weighted by molar-refractivity contribution is 14.0. The van der Waals surface area contributed by atoms with Crippen molar-refractivity contribution in [3.05, 3.63) is 47.3 Å². The molecule has 2 heterocycles. The summed E-state index contributed by atoms with van der Waals surface area (Å²) < 4.78 is 5.58. The first-order chi connectivity index (χ1) is 15.2. The fourth-order valence-electron chi connectivity index (χ4n) is 3.51. The van der Waals surface area contributed by atoms with Gasteiger partial charge in [0.2, 0.25) is 0 Å². The van der Waals surface area contributed by atoms with Crippen molar-refractivity contribution in [1.82, 2.24) is 16.0 Å². The maximum atomic E-state index is 11.6. The Morgan fingerprint density at radius 3 is 2.62 bits per heavy atom. The Morgan fingerprint density at radius 2 is 1.94 bits per heavy atom. The zero-order valence-corrected chi connectivity index (χ0v) is 21.9. The Kier molecular flexibility index (Phi) is 11.6. The van der Waals surface area contributed by atoms with Crippen LogP contribution in [-0.2, 0) is 11.3 Å². The number of guanidine groups is 1. The Bertz CT molecular complexity index is 839. The average Bonchev–Trinajstić information content (AvgIpc) is 3.32. The molecule has 1 saturated heterocycles. The molecule has 32 heavy (non-hydrogen) atoms. The van der Waals surface area contributed by atoms with Gasteiger partial charge in [-0.2, -0.15) is 0 Å². The van der Waals surface area contributed by atoms with E-state index in [0.29, 0.717) is 24.9 Å². The number of thiophene rings is 1. The number of likely N-dealkylation sites (N-methyl/N-ethyl adjacent to an activating group) is 1. The number of carbonyl (C=O) groups is 1. The minimum Gasteiger partial charge on any atom is -0.484 e. The number of aliphatic imine (C=N–C) groups is 1. The standard InChI is InChI=1S/C23H33N5O2S.HI/c1-3-24-21(29)17-30-20-8-5-7-18(15-20)16-26-23(25-4-2)27-19-10-12-28(13-11-19)22-9-6-14-31-22;/h5-9,14-15,19H,3-4,10-13,16-17H2,1-2H3,(H,24,29)(H2,25,26,27);1H. The maximum absolute atomic E-state index is 11.6. The van der Waals surface area contributed by atoms with Gasteiger partial charge in [0, 0.05) is 32.2 Å². The molecular formula is C23H34IN5O2S. The molecule has 1 amide bonds. The van der Waals surface area contributed by atoms with E-state index in [1.54, 1.807) is 11.3 Å². The fourth-order valence-corrected chi connectivity index (χ4v) is 4.29. The zero-order valence-electron chi connectivity index (χ0n) is 18.8. The van der Waals surface area contributed by atoms with E-state index < -0.39 is 0 Å². The van der Waals surface area contributed by atoms with Crippen LogP contribution < -0.4 is 25.6 Å². The van der Waals surface area contributed by atoms with E-state index in [4.69, 9.17) is 9.73 Å². The molecule has 7 nitrogen and oxygen atoms in total. The Morgan fingerprint density at radius 1 is 1.16 bits per heavy atom. The number of hydrogen-bond donors (Lipinski definition) is 3. The molecule has 0 atom stereocenters. The predicted octanol–water partition coefficient (Wildman–Crippen LogP) is 3.61. The summed E-state index contributed by atoms with van der Waals surface area (Å²) in [4.78, 5) is 18.8. The summed E-state index contributed by atoms with van der Waals surface area (Å²) in [6.07, 6.45) is 2.18. The number of anilines is 1. The SMILES string of the molecule is CCNC(=O)COc1cccc(CN=C(NCC)NC2CCN(c3cccs3)CC2)c1.I. The molecule has 3 rings (SSSR count). The van der Waals surface area contributed by atoms with Gasteiger partial charge < -0.3 is 25.6 Å². The lowest BCUT2D eigenvalue weighted by Crippen LogP contribution is -2.48. The average molecular weight is 572 g/mol. The van der Waals surface area contributed by atoms with Gasteiger partial charge in [-0.15, -0.1) is 35.3 Å². The number of rotatable bonds is 9. The number of nitrogens with zero attached hydrogens (tertiary/aromatic N) is 2. The molecule has 176 valence electrons. The quantitative estimate of drug-likeness (QED) is 0.244. The molecule has 1 fully saturated rings. The van der Waals surface area contributed by atoms with E-state index in [9.17, 15) is 4.79 Å². The van der Waals surface area contributed by atoms with Crippen LogP contribution in [0.3, 0.4) is 0 Å². The van der Waals surface area contributed by atoms with Crippen molar-refractivity contribution in [2.45, 2.75) is 39.3 Å². The summed E-state index contributed by atoms with van der Waals surface area (Å²) in [5, 5.41) is 13.2. The first-order valence-electron chi connectivity index (χ1n) is 11.0. The molecule has 1 aliphatic heterocycles. The number of ether oxygens (including phenoxy) is 1. The van der Waals surface area contributed by atoms with E-state index in [-0.39, 0.29) is 36.5 Å². The number of nitrogens with one attached hydrogen (secondary N) is 3. The lowest BCUT2D eigenvalue weighted by Gasteiger charge is -2.33. The Balaban J connectivity index is 0.00000363. The predicted molar refractivity (Wildman–Crippen MR) is 144 cm³/mol. The third kappa shape index (κ3) is 8.50. The summed E-state index contributed by atoms with van der Waals surface area (Å²) in [5.41, 5.74) is 1.04. The van der Waals surface area contributed by atoms with Crippen molar-refractivity contribution in [2.75, 3.05) is 37.7 Å². The molecule has 1 aromatic carbocycles. The van der Waals surface area contributed by atoms with Crippen molar-refractivity contribution in [2.24, 2.45) is 4.99 Å². The van der Waals surface area contributed by atoms with Crippen molar-refractivity contribution >= 4 is 52.2 Å². The number of piperidine rings is 1. The molecule has 0 radical (unpaired) electrons. The van der Waals surface area contributed by atoms with Crippen LogP contribution in [0.15, 0.2) is 46.8 Å². The van der Waals surface area contributed by atoms with Gasteiger partial charge in [0.25, 0.3) is 5.91 Å². The lowest BCUT2D eigenvalue weighted by atomic mass is 10.1. The molecule has 0 spiro atoms. The van der Waals surface area contributed by atoms with Crippen molar-refractivity contribution in [3.63, 3.8) is 0 Å². The number of hydrogen-bond acceptors (Lipinski definition) is 5. The molecule has 3 N–H and O–H groups in total. The molecule has 0 unspecified atom stereocenters. The zero-order chi connectivity index (χ0) is 21.9. The molecule has 0 saturated carbocycles. The van der Waals surface area contributed by atoms with E-state index >= 15 is 0 Å². The number of amides is 1. The van der Waals surface area contributed by atoms with Crippen LogP contribution in [0, 0.1) is 0 Å². The third-order valence-electron chi connectivity index (χ3n) is 5.06. The van der Waals surface area contributed by atoms with Gasteiger partial charge in [-0.25, -0.2) is 4.99 Å². The van der Waals surface area contributed by atoms with E-state index in [1.807, 2.05) is 31.2 Å². The summed E-state index contributed by atoms with van der Waals surface area (Å²) in [6.45, 7) is 8.06. The van der Waals surface area contributed by atoms with E-state index in [0.717, 1.165) is 44.0 Å². The van der Waals surface area contributed by atoms with Gasteiger partial charge in [0.15, 0.2) is 12.6 Å². The second-order valence-electron chi connectivity index (χ2n) is 7.44. The summed E-state index contributed by atoms with van der Waals surface area (Å²) in [5.74, 6) is 1.40. The first-order valence-corrected chi connectivity index (χ1v) is 11.9. The van der Waals surface area contributed by atoms with Crippen molar-refractivity contribution in [3.8, 4) is 5.75 Å². The normalized spacial score (nSPS) is 14.4. The van der Waals surface area contributed by atoms with Gasteiger partial charge in [-0.05, 0) is 61.9 Å². The topological polar surface area (TPSA) is 78.0 Å². The molecule has 0 aliphatic carbocycles. The largest absolute Gasteiger partial charge is 0.484 e. The smallest absolute Gasteiger partial charge is 0.257 e. The molecule has 1 aromatic heterocycles. The minimum atomic E-state index is -0.116. The van der Waals surface area contributed by atoms with Crippen molar-refractivity contribution < 1.29 is 9.53 Å². The molecule has 9 heteroatoms. The Labute approximate surface area is 212 Å². The highest BCUT2D eigenvalue weighted by Gasteiger charge is 2.20. The molecule has 1 aliphatic rings. The molecule has 2 aromatic rings. The van der Waals surface area contributed by atoms with Crippen LogP contribution in [0.1, 0.15) is 32.3 Å². The Hall–Kier alpha value is -2.01. The second-order valence-corrected chi connectivity index (χ2v) is 8.37. The molecular weight excluding hydrogens is 537 g/mol. The van der Waals surface area contributed by atoms with E-state index in [1.165, 1.54) is 5.00 Å².